The van der Waals surface area contributed by atoms with Crippen molar-refractivity contribution < 1.29 is 4.74 Å². The van der Waals surface area contributed by atoms with Crippen molar-refractivity contribution in [1.82, 2.24) is 20.3 Å². The summed E-state index contributed by atoms with van der Waals surface area (Å²) in [7, 11) is 3.60. The Balaban J connectivity index is 2.73. The molecule has 1 rings (SSSR count). The quantitative estimate of drug-likeness (QED) is 0.709. The summed E-state index contributed by atoms with van der Waals surface area (Å²) in [6, 6.07) is 0. The van der Waals surface area contributed by atoms with Gasteiger partial charge in [0.2, 0.25) is 0 Å². The van der Waals surface area contributed by atoms with Crippen molar-refractivity contribution in [1.29, 1.82) is 0 Å². The molecule has 1 N–H and O–H groups in total. The molecule has 1 heterocycles. The van der Waals surface area contributed by atoms with E-state index in [1.54, 1.807) is 7.11 Å². The Bertz CT molecular complexity index is 272. The minimum absolute atomic E-state index is 0.676. The number of ether oxygens (including phenoxy) is 1. The van der Waals surface area contributed by atoms with Crippen LogP contribution in [0.1, 0.15) is 18.3 Å². The van der Waals surface area contributed by atoms with Gasteiger partial charge in [0.15, 0.2) is 0 Å². The maximum Gasteiger partial charge on any atom is 0.0996 e. The molecule has 0 spiro atoms. The lowest BCUT2D eigenvalue weighted by Gasteiger charge is -2.04. The molecule has 0 radical (unpaired) electrons. The van der Waals surface area contributed by atoms with Gasteiger partial charge >= 0.3 is 0 Å². The van der Waals surface area contributed by atoms with Crippen LogP contribution in [0.3, 0.4) is 0 Å². The molecular formula is C9H18N4O. The fraction of sp³-hybridized carbons (Fsp3) is 0.778. The standard InChI is InChI=1S/C9H18N4O/c1-4-9-8(7-10-2)11-12-13(9)5-6-14-3/h10H,4-7H2,1-3H3. The van der Waals surface area contributed by atoms with Gasteiger partial charge in [-0.2, -0.15) is 0 Å². The molecule has 5 heteroatoms. The summed E-state index contributed by atoms with van der Waals surface area (Å²) >= 11 is 0. The average molecular weight is 198 g/mol. The van der Waals surface area contributed by atoms with E-state index in [0.29, 0.717) is 6.61 Å². The van der Waals surface area contributed by atoms with E-state index in [2.05, 4.69) is 22.6 Å². The number of nitrogens with zero attached hydrogens (tertiary/aromatic N) is 3. The van der Waals surface area contributed by atoms with Crippen LogP contribution in [0, 0.1) is 0 Å². The SMILES string of the molecule is CCc1c(CNC)nnn1CCOC. The first kappa shape index (κ1) is 11.1. The third kappa shape index (κ3) is 2.52. The summed E-state index contributed by atoms with van der Waals surface area (Å²) in [6.45, 7) is 4.34. The number of hydrogen-bond acceptors (Lipinski definition) is 4. The van der Waals surface area contributed by atoms with Crippen LogP contribution in [0.2, 0.25) is 0 Å². The van der Waals surface area contributed by atoms with Crippen LogP contribution >= 0.6 is 0 Å². The highest BCUT2D eigenvalue weighted by Gasteiger charge is 2.09. The Labute approximate surface area is 84.4 Å². The van der Waals surface area contributed by atoms with Crippen molar-refractivity contribution >= 4 is 0 Å². The molecule has 1 aromatic rings. The number of methoxy groups -OCH3 is 1. The maximum atomic E-state index is 5.01. The lowest BCUT2D eigenvalue weighted by molar-refractivity contribution is 0.182. The summed E-state index contributed by atoms with van der Waals surface area (Å²) in [5, 5.41) is 11.3. The smallest absolute Gasteiger partial charge is 0.0996 e. The molecule has 0 aliphatic heterocycles. The number of nitrogens with one attached hydrogen (secondary N) is 1. The predicted molar refractivity (Wildman–Crippen MR) is 54.0 cm³/mol. The van der Waals surface area contributed by atoms with Gasteiger partial charge in [-0.3, -0.25) is 0 Å². The van der Waals surface area contributed by atoms with Crippen LogP contribution in [0.15, 0.2) is 0 Å². The van der Waals surface area contributed by atoms with E-state index in [4.69, 9.17) is 4.74 Å². The Kier molecular flexibility index (Phi) is 4.55. The van der Waals surface area contributed by atoms with Crippen LogP contribution in [0.25, 0.3) is 0 Å². The summed E-state index contributed by atoms with van der Waals surface area (Å²) in [4.78, 5) is 0. The van der Waals surface area contributed by atoms with E-state index < -0.39 is 0 Å². The minimum atomic E-state index is 0.676. The zero-order valence-corrected chi connectivity index (χ0v) is 9.08. The first-order valence-electron chi connectivity index (χ1n) is 4.88. The fourth-order valence-electron chi connectivity index (χ4n) is 1.42. The minimum Gasteiger partial charge on any atom is -0.383 e. The van der Waals surface area contributed by atoms with Crippen LogP contribution in [0.4, 0.5) is 0 Å². The third-order valence-corrected chi connectivity index (χ3v) is 2.10. The highest BCUT2D eigenvalue weighted by molar-refractivity contribution is 5.09. The van der Waals surface area contributed by atoms with Crippen molar-refractivity contribution in [2.45, 2.75) is 26.4 Å². The molecule has 0 aliphatic rings. The van der Waals surface area contributed by atoms with Gasteiger partial charge in [0.1, 0.15) is 0 Å². The van der Waals surface area contributed by atoms with E-state index in [-0.39, 0.29) is 0 Å². The molecular weight excluding hydrogens is 180 g/mol. The van der Waals surface area contributed by atoms with Crippen molar-refractivity contribution in [2.75, 3.05) is 20.8 Å². The number of aromatic nitrogens is 3. The largest absolute Gasteiger partial charge is 0.383 e. The van der Waals surface area contributed by atoms with Crippen molar-refractivity contribution in [3.63, 3.8) is 0 Å². The predicted octanol–water partition coefficient (Wildman–Crippen LogP) is 0.206. The fourth-order valence-corrected chi connectivity index (χ4v) is 1.42. The molecule has 0 fully saturated rings. The average Bonchev–Trinajstić information content (AvgIpc) is 2.58. The summed E-state index contributed by atoms with van der Waals surface area (Å²) < 4.78 is 6.92. The van der Waals surface area contributed by atoms with Crippen molar-refractivity contribution in [3.05, 3.63) is 11.4 Å². The lowest BCUT2D eigenvalue weighted by Crippen LogP contribution is -2.11. The van der Waals surface area contributed by atoms with Gasteiger partial charge in [0, 0.05) is 13.7 Å². The Morgan fingerprint density at radius 3 is 2.86 bits per heavy atom. The molecule has 0 saturated carbocycles. The van der Waals surface area contributed by atoms with Gasteiger partial charge in [-0.05, 0) is 13.5 Å². The van der Waals surface area contributed by atoms with Crippen molar-refractivity contribution in [2.24, 2.45) is 0 Å². The van der Waals surface area contributed by atoms with Crippen LogP contribution in [-0.2, 0) is 24.2 Å². The highest BCUT2D eigenvalue weighted by atomic mass is 16.5. The molecule has 5 nitrogen and oxygen atoms in total. The Hall–Kier alpha value is -0.940. The summed E-state index contributed by atoms with van der Waals surface area (Å²) in [6.07, 6.45) is 0.952. The van der Waals surface area contributed by atoms with Crippen LogP contribution in [0.5, 0.6) is 0 Å². The number of hydrogen-bond donors (Lipinski definition) is 1. The Morgan fingerprint density at radius 2 is 2.29 bits per heavy atom. The zero-order valence-electron chi connectivity index (χ0n) is 9.08. The van der Waals surface area contributed by atoms with Crippen molar-refractivity contribution in [3.8, 4) is 0 Å². The molecule has 1 aromatic heterocycles. The molecule has 14 heavy (non-hydrogen) atoms. The maximum absolute atomic E-state index is 5.01. The van der Waals surface area contributed by atoms with Gasteiger partial charge in [0.05, 0.1) is 24.5 Å². The van der Waals surface area contributed by atoms with E-state index in [0.717, 1.165) is 25.2 Å². The highest BCUT2D eigenvalue weighted by Crippen LogP contribution is 2.05. The molecule has 80 valence electrons. The molecule has 0 aliphatic carbocycles. The molecule has 0 aromatic carbocycles. The first-order valence-corrected chi connectivity index (χ1v) is 4.88. The lowest BCUT2D eigenvalue weighted by atomic mass is 10.2. The normalized spacial score (nSPS) is 10.8. The Morgan fingerprint density at radius 1 is 1.50 bits per heavy atom. The second-order valence-electron chi connectivity index (χ2n) is 3.08. The zero-order chi connectivity index (χ0) is 10.4. The van der Waals surface area contributed by atoms with Crippen LogP contribution < -0.4 is 5.32 Å². The molecule has 0 amide bonds. The van der Waals surface area contributed by atoms with Gasteiger partial charge in [0.25, 0.3) is 0 Å². The van der Waals surface area contributed by atoms with E-state index >= 15 is 0 Å². The number of rotatable bonds is 6. The first-order chi connectivity index (χ1) is 6.83. The second kappa shape index (κ2) is 5.72. The third-order valence-electron chi connectivity index (χ3n) is 2.10. The van der Waals surface area contributed by atoms with E-state index in [1.165, 1.54) is 5.69 Å². The van der Waals surface area contributed by atoms with Gasteiger partial charge < -0.3 is 10.1 Å². The van der Waals surface area contributed by atoms with Gasteiger partial charge in [-0.1, -0.05) is 12.1 Å². The molecule has 0 atom stereocenters. The van der Waals surface area contributed by atoms with Gasteiger partial charge in [-0.15, -0.1) is 5.10 Å². The van der Waals surface area contributed by atoms with E-state index in [9.17, 15) is 0 Å². The van der Waals surface area contributed by atoms with E-state index in [1.807, 2.05) is 11.7 Å². The molecule has 0 saturated heterocycles. The molecule has 0 unspecified atom stereocenters. The summed E-state index contributed by atoms with van der Waals surface area (Å²) in [5.74, 6) is 0. The van der Waals surface area contributed by atoms with Gasteiger partial charge in [-0.25, -0.2) is 4.68 Å². The molecule has 0 bridgehead atoms. The topological polar surface area (TPSA) is 52.0 Å². The summed E-state index contributed by atoms with van der Waals surface area (Å²) in [5.41, 5.74) is 2.22. The second-order valence-corrected chi connectivity index (χ2v) is 3.08. The monoisotopic (exact) mass is 198 g/mol. The van der Waals surface area contributed by atoms with Crippen LogP contribution in [-0.4, -0.2) is 35.8 Å².